The molecule has 1 aromatic heterocycles. The molecule has 6 nitrogen and oxygen atoms in total. The normalized spacial score (nSPS) is 14.4. The second kappa shape index (κ2) is 8.90. The fourth-order valence-corrected chi connectivity index (χ4v) is 4.21. The lowest BCUT2D eigenvalue weighted by Crippen LogP contribution is -2.50. The van der Waals surface area contributed by atoms with Gasteiger partial charge in [0.1, 0.15) is 6.33 Å². The van der Waals surface area contributed by atoms with Gasteiger partial charge in [-0.2, -0.15) is 13.2 Å². The largest absolute Gasteiger partial charge is 0.416 e. The topological polar surface area (TPSA) is 58.4 Å². The molecule has 1 aliphatic rings. The number of para-hydroxylation sites is 2. The quantitative estimate of drug-likeness (QED) is 0.431. The molecule has 4 aromatic rings. The van der Waals surface area contributed by atoms with Crippen molar-refractivity contribution in [3.63, 3.8) is 0 Å². The molecule has 2 heterocycles. The van der Waals surface area contributed by atoms with E-state index in [4.69, 9.17) is 0 Å². The molecule has 5 rings (SSSR count). The van der Waals surface area contributed by atoms with E-state index in [0.717, 1.165) is 28.9 Å². The van der Waals surface area contributed by atoms with Crippen LogP contribution >= 0.6 is 0 Å². The minimum Gasteiger partial charge on any atom is -0.335 e. The van der Waals surface area contributed by atoms with Crippen molar-refractivity contribution in [2.75, 3.05) is 26.2 Å². The lowest BCUT2D eigenvalue weighted by Gasteiger charge is -2.35. The van der Waals surface area contributed by atoms with Crippen molar-refractivity contribution in [1.29, 1.82) is 0 Å². The van der Waals surface area contributed by atoms with Crippen LogP contribution in [0.4, 0.5) is 13.2 Å². The second-order valence-electron chi connectivity index (χ2n) is 8.31. The Kier molecular flexibility index (Phi) is 5.76. The average molecular weight is 478 g/mol. The summed E-state index contributed by atoms with van der Waals surface area (Å²) < 4.78 is 40.2. The Balaban J connectivity index is 1.22. The van der Waals surface area contributed by atoms with E-state index < -0.39 is 11.7 Å². The zero-order valence-corrected chi connectivity index (χ0v) is 18.6. The SMILES string of the molecule is O=C(c1ccc(-n2cnc3ccccc32)cc1)N1CCN(C(=O)c2ccc(C(F)(F)F)cc2)CC1. The van der Waals surface area contributed by atoms with E-state index >= 15 is 0 Å². The van der Waals surface area contributed by atoms with Gasteiger partial charge >= 0.3 is 6.18 Å². The van der Waals surface area contributed by atoms with Gasteiger partial charge in [0.25, 0.3) is 11.8 Å². The Labute approximate surface area is 199 Å². The number of hydrogen-bond acceptors (Lipinski definition) is 3. The van der Waals surface area contributed by atoms with E-state index in [-0.39, 0.29) is 17.4 Å². The van der Waals surface area contributed by atoms with Gasteiger partial charge in [0.05, 0.1) is 16.6 Å². The number of imidazole rings is 1. The van der Waals surface area contributed by atoms with Crippen molar-refractivity contribution < 1.29 is 22.8 Å². The summed E-state index contributed by atoms with van der Waals surface area (Å²) in [6, 6.07) is 19.3. The maximum Gasteiger partial charge on any atom is 0.416 e. The molecule has 0 radical (unpaired) electrons. The van der Waals surface area contributed by atoms with Gasteiger partial charge in [-0.15, -0.1) is 0 Å². The Hall–Kier alpha value is -4.14. The van der Waals surface area contributed by atoms with E-state index in [0.29, 0.717) is 31.7 Å². The maximum absolute atomic E-state index is 13.0. The number of carbonyl (C=O) groups is 2. The van der Waals surface area contributed by atoms with Gasteiger partial charge < -0.3 is 9.80 Å². The number of aromatic nitrogens is 2. The van der Waals surface area contributed by atoms with Crippen LogP contribution in [0.1, 0.15) is 26.3 Å². The fourth-order valence-electron chi connectivity index (χ4n) is 4.21. The number of hydrogen-bond donors (Lipinski definition) is 0. The summed E-state index contributed by atoms with van der Waals surface area (Å²) in [4.78, 5) is 33.3. The molecule has 0 aliphatic carbocycles. The van der Waals surface area contributed by atoms with Crippen LogP contribution in [0.5, 0.6) is 0 Å². The number of carbonyl (C=O) groups excluding carboxylic acids is 2. The third kappa shape index (κ3) is 4.49. The highest BCUT2D eigenvalue weighted by atomic mass is 19.4. The molecule has 35 heavy (non-hydrogen) atoms. The summed E-state index contributed by atoms with van der Waals surface area (Å²) in [7, 11) is 0. The Morgan fingerprint density at radius 3 is 1.77 bits per heavy atom. The molecular formula is C26H21F3N4O2. The first-order valence-electron chi connectivity index (χ1n) is 11.1. The van der Waals surface area contributed by atoms with Crippen LogP contribution in [-0.4, -0.2) is 57.3 Å². The van der Waals surface area contributed by atoms with Gasteiger partial charge in [-0.05, 0) is 60.7 Å². The minimum absolute atomic E-state index is 0.131. The summed E-state index contributed by atoms with van der Waals surface area (Å²) in [5.41, 5.74) is 2.69. The molecule has 0 atom stereocenters. The molecular weight excluding hydrogens is 457 g/mol. The average Bonchev–Trinajstić information content (AvgIpc) is 3.32. The number of rotatable bonds is 3. The third-order valence-corrected chi connectivity index (χ3v) is 6.16. The highest BCUT2D eigenvalue weighted by Gasteiger charge is 2.31. The molecule has 9 heteroatoms. The van der Waals surface area contributed by atoms with Crippen molar-refractivity contribution in [3.8, 4) is 5.69 Å². The predicted molar refractivity (Wildman–Crippen MR) is 124 cm³/mol. The van der Waals surface area contributed by atoms with Gasteiger partial charge in [-0.25, -0.2) is 4.98 Å². The number of benzene rings is 3. The van der Waals surface area contributed by atoms with Gasteiger partial charge in [-0.1, -0.05) is 12.1 Å². The van der Waals surface area contributed by atoms with Gasteiger partial charge in [0, 0.05) is 43.0 Å². The molecule has 2 amide bonds. The standard InChI is InChI=1S/C26H21F3N4O2/c27-26(28,29)20-9-5-18(6-10-20)24(34)31-13-15-32(16-14-31)25(35)19-7-11-21(12-8-19)33-17-30-22-3-1-2-4-23(22)33/h1-12,17H,13-16H2. The van der Waals surface area contributed by atoms with Crippen molar-refractivity contribution in [2.45, 2.75) is 6.18 Å². The van der Waals surface area contributed by atoms with Gasteiger partial charge in [0.2, 0.25) is 0 Å². The van der Waals surface area contributed by atoms with Crippen LogP contribution in [0.15, 0.2) is 79.1 Å². The van der Waals surface area contributed by atoms with Crippen LogP contribution < -0.4 is 0 Å². The summed E-state index contributed by atoms with van der Waals surface area (Å²) in [5, 5.41) is 0. The summed E-state index contributed by atoms with van der Waals surface area (Å²) in [6.07, 6.45) is -2.70. The maximum atomic E-state index is 13.0. The Bertz CT molecular complexity index is 1370. The highest BCUT2D eigenvalue weighted by Crippen LogP contribution is 2.29. The number of fused-ring (bicyclic) bond motifs is 1. The summed E-state index contributed by atoms with van der Waals surface area (Å²) in [5.74, 6) is -0.476. The Morgan fingerprint density at radius 2 is 1.23 bits per heavy atom. The van der Waals surface area contributed by atoms with Crippen molar-refractivity contribution in [3.05, 3.63) is 95.8 Å². The number of halogens is 3. The predicted octanol–water partition coefficient (Wildman–Crippen LogP) is 4.64. The molecule has 0 spiro atoms. The van der Waals surface area contributed by atoms with Crippen molar-refractivity contribution >= 4 is 22.8 Å². The zero-order chi connectivity index (χ0) is 24.6. The van der Waals surface area contributed by atoms with Gasteiger partial charge in [-0.3, -0.25) is 14.2 Å². The monoisotopic (exact) mass is 478 g/mol. The fraction of sp³-hybridized carbons (Fsp3) is 0.192. The molecule has 3 aromatic carbocycles. The first-order chi connectivity index (χ1) is 16.8. The van der Waals surface area contributed by atoms with Crippen molar-refractivity contribution in [2.24, 2.45) is 0 Å². The lowest BCUT2D eigenvalue weighted by atomic mass is 10.1. The molecule has 0 bridgehead atoms. The third-order valence-electron chi connectivity index (χ3n) is 6.16. The lowest BCUT2D eigenvalue weighted by molar-refractivity contribution is -0.137. The molecule has 1 fully saturated rings. The first-order valence-corrected chi connectivity index (χ1v) is 11.1. The van der Waals surface area contributed by atoms with Gasteiger partial charge in [0.15, 0.2) is 0 Å². The molecule has 0 N–H and O–H groups in total. The summed E-state index contributed by atoms with van der Waals surface area (Å²) in [6.45, 7) is 1.31. The van der Waals surface area contributed by atoms with Crippen LogP contribution in [0, 0.1) is 0 Å². The van der Waals surface area contributed by atoms with E-state index in [1.54, 1.807) is 28.3 Å². The number of amides is 2. The first kappa shape index (κ1) is 22.6. The van der Waals surface area contributed by atoms with E-state index in [1.807, 2.05) is 41.0 Å². The molecule has 1 aliphatic heterocycles. The molecule has 0 saturated carbocycles. The zero-order valence-electron chi connectivity index (χ0n) is 18.6. The van der Waals surface area contributed by atoms with E-state index in [9.17, 15) is 22.8 Å². The van der Waals surface area contributed by atoms with Crippen LogP contribution in [0.2, 0.25) is 0 Å². The molecule has 1 saturated heterocycles. The van der Waals surface area contributed by atoms with E-state index in [1.165, 1.54) is 12.1 Å². The Morgan fingerprint density at radius 1 is 0.714 bits per heavy atom. The van der Waals surface area contributed by atoms with Crippen LogP contribution in [-0.2, 0) is 6.18 Å². The smallest absolute Gasteiger partial charge is 0.335 e. The van der Waals surface area contributed by atoms with E-state index in [2.05, 4.69) is 4.98 Å². The molecule has 0 unspecified atom stereocenters. The second-order valence-corrected chi connectivity index (χ2v) is 8.31. The van der Waals surface area contributed by atoms with Crippen molar-refractivity contribution in [1.82, 2.24) is 19.4 Å². The highest BCUT2D eigenvalue weighted by molar-refractivity contribution is 5.96. The summed E-state index contributed by atoms with van der Waals surface area (Å²) >= 11 is 0. The number of piperazine rings is 1. The number of nitrogens with zero attached hydrogens (tertiary/aromatic N) is 4. The number of alkyl halides is 3. The molecule has 178 valence electrons. The van der Waals surface area contributed by atoms with Crippen LogP contribution in [0.25, 0.3) is 16.7 Å². The van der Waals surface area contributed by atoms with Crippen LogP contribution in [0.3, 0.4) is 0 Å². The minimum atomic E-state index is -4.45.